The van der Waals surface area contributed by atoms with Gasteiger partial charge in [0.2, 0.25) is 0 Å². The van der Waals surface area contributed by atoms with Gasteiger partial charge in [-0.25, -0.2) is 9.97 Å². The van der Waals surface area contributed by atoms with E-state index in [1.54, 1.807) is 0 Å². The van der Waals surface area contributed by atoms with Crippen LogP contribution in [-0.2, 0) is 16.0 Å². The van der Waals surface area contributed by atoms with Crippen LogP contribution in [0.5, 0.6) is 0 Å². The summed E-state index contributed by atoms with van der Waals surface area (Å²) in [6.45, 7) is 0. The highest BCUT2D eigenvalue weighted by Crippen LogP contribution is 2.25. The normalized spacial score (nSPS) is 10.8. The fraction of sp³-hybridized carbons (Fsp3) is 0.250. The Kier molecular flexibility index (Phi) is 5.23. The molecule has 0 radical (unpaired) electrons. The Hall–Kier alpha value is -2.95. The highest BCUT2D eigenvalue weighted by atomic mass is 16.5. The van der Waals surface area contributed by atoms with Gasteiger partial charge in [-0.05, 0) is 37.5 Å². The molecule has 3 rings (SSSR count). The van der Waals surface area contributed by atoms with Gasteiger partial charge in [0.05, 0.1) is 29.5 Å². The molecule has 0 spiro atoms. The van der Waals surface area contributed by atoms with Crippen molar-refractivity contribution in [1.29, 1.82) is 0 Å². The van der Waals surface area contributed by atoms with E-state index < -0.39 is 0 Å². The van der Waals surface area contributed by atoms with Crippen LogP contribution in [-0.4, -0.2) is 23.0 Å². The fourth-order valence-corrected chi connectivity index (χ4v) is 2.77. The van der Waals surface area contributed by atoms with Crippen LogP contribution < -0.4 is 5.73 Å². The van der Waals surface area contributed by atoms with Crippen molar-refractivity contribution in [2.45, 2.75) is 25.7 Å². The number of benzene rings is 2. The van der Waals surface area contributed by atoms with Crippen molar-refractivity contribution >= 4 is 22.7 Å². The molecule has 0 bridgehead atoms. The molecule has 0 atom stereocenters. The molecule has 0 aliphatic heterocycles. The van der Waals surface area contributed by atoms with Crippen molar-refractivity contribution in [2.75, 3.05) is 12.8 Å². The van der Waals surface area contributed by atoms with Crippen molar-refractivity contribution in [3.05, 3.63) is 54.2 Å². The Morgan fingerprint density at radius 3 is 2.60 bits per heavy atom. The SMILES string of the molecule is COC(=O)CCCCc1nc2cc(N)ccc2nc1-c1ccccc1. The molecule has 0 amide bonds. The molecular formula is C20H21N3O2. The van der Waals surface area contributed by atoms with E-state index in [-0.39, 0.29) is 5.97 Å². The smallest absolute Gasteiger partial charge is 0.305 e. The minimum atomic E-state index is -0.180. The highest BCUT2D eigenvalue weighted by Gasteiger charge is 2.11. The molecule has 0 aliphatic rings. The van der Waals surface area contributed by atoms with E-state index in [0.29, 0.717) is 12.1 Å². The number of carbonyl (C=O) groups is 1. The lowest BCUT2D eigenvalue weighted by Crippen LogP contribution is -2.02. The fourth-order valence-electron chi connectivity index (χ4n) is 2.77. The maximum atomic E-state index is 11.3. The number of nitrogens with zero attached hydrogens (tertiary/aromatic N) is 2. The Morgan fingerprint density at radius 2 is 1.84 bits per heavy atom. The summed E-state index contributed by atoms with van der Waals surface area (Å²) >= 11 is 0. The summed E-state index contributed by atoms with van der Waals surface area (Å²) in [6, 6.07) is 15.6. The number of aromatic nitrogens is 2. The number of hydrogen-bond donors (Lipinski definition) is 1. The predicted octanol–water partition coefficient (Wildman–Crippen LogP) is 3.76. The minimum Gasteiger partial charge on any atom is -0.469 e. The molecule has 3 aromatic rings. The maximum Gasteiger partial charge on any atom is 0.305 e. The van der Waals surface area contributed by atoms with Crippen LogP contribution in [0.1, 0.15) is 25.0 Å². The van der Waals surface area contributed by atoms with Crippen molar-refractivity contribution in [3.8, 4) is 11.3 Å². The number of aryl methyl sites for hydroxylation is 1. The van der Waals surface area contributed by atoms with Crippen molar-refractivity contribution in [1.82, 2.24) is 9.97 Å². The summed E-state index contributed by atoms with van der Waals surface area (Å²) in [6.07, 6.45) is 2.78. The third kappa shape index (κ3) is 4.12. The predicted molar refractivity (Wildman–Crippen MR) is 99.0 cm³/mol. The molecule has 0 saturated heterocycles. The number of nitrogens with two attached hydrogens (primary N) is 1. The largest absolute Gasteiger partial charge is 0.469 e. The zero-order chi connectivity index (χ0) is 17.6. The number of nitrogen functional groups attached to an aromatic ring is 1. The second kappa shape index (κ2) is 7.75. The average molecular weight is 335 g/mol. The van der Waals surface area contributed by atoms with Crippen molar-refractivity contribution in [2.24, 2.45) is 0 Å². The first kappa shape index (κ1) is 16.9. The topological polar surface area (TPSA) is 78.1 Å². The molecule has 0 unspecified atom stereocenters. The first-order chi connectivity index (χ1) is 12.2. The molecule has 0 saturated carbocycles. The zero-order valence-electron chi connectivity index (χ0n) is 14.2. The Morgan fingerprint density at radius 1 is 1.04 bits per heavy atom. The summed E-state index contributed by atoms with van der Waals surface area (Å²) in [5.74, 6) is -0.180. The number of fused-ring (bicyclic) bond motifs is 1. The number of hydrogen-bond acceptors (Lipinski definition) is 5. The molecule has 128 valence electrons. The summed E-state index contributed by atoms with van der Waals surface area (Å²) in [7, 11) is 1.41. The van der Waals surface area contributed by atoms with Crippen LogP contribution in [0.3, 0.4) is 0 Å². The molecule has 2 aromatic carbocycles. The second-order valence-electron chi connectivity index (χ2n) is 5.92. The lowest BCUT2D eigenvalue weighted by molar-refractivity contribution is -0.140. The molecule has 1 aromatic heterocycles. The Labute approximate surface area is 146 Å². The molecule has 1 heterocycles. The molecule has 5 heteroatoms. The number of rotatable bonds is 6. The average Bonchev–Trinajstić information content (AvgIpc) is 2.65. The number of carbonyl (C=O) groups excluding carboxylic acids is 1. The van der Waals surface area contributed by atoms with Gasteiger partial charge in [-0.1, -0.05) is 30.3 Å². The van der Waals surface area contributed by atoms with Gasteiger partial charge in [-0.3, -0.25) is 4.79 Å². The van der Waals surface area contributed by atoms with Gasteiger partial charge in [0.15, 0.2) is 0 Å². The van der Waals surface area contributed by atoms with E-state index in [0.717, 1.165) is 47.2 Å². The number of unbranched alkanes of at least 4 members (excludes halogenated alkanes) is 1. The van der Waals surface area contributed by atoms with E-state index in [1.165, 1.54) is 7.11 Å². The van der Waals surface area contributed by atoms with Crippen LogP contribution in [0.2, 0.25) is 0 Å². The summed E-state index contributed by atoms with van der Waals surface area (Å²) in [5, 5.41) is 0. The molecule has 0 fully saturated rings. The van der Waals surface area contributed by atoms with E-state index in [9.17, 15) is 4.79 Å². The second-order valence-corrected chi connectivity index (χ2v) is 5.92. The van der Waals surface area contributed by atoms with Crippen LogP contribution in [0, 0.1) is 0 Å². The summed E-state index contributed by atoms with van der Waals surface area (Å²) in [4.78, 5) is 20.9. The van der Waals surface area contributed by atoms with Gasteiger partial charge >= 0.3 is 5.97 Å². The van der Waals surface area contributed by atoms with E-state index in [4.69, 9.17) is 15.7 Å². The summed E-state index contributed by atoms with van der Waals surface area (Å²) < 4.78 is 4.69. The van der Waals surface area contributed by atoms with Gasteiger partial charge in [0.25, 0.3) is 0 Å². The third-order valence-electron chi connectivity index (χ3n) is 4.08. The van der Waals surface area contributed by atoms with Crippen LogP contribution in [0.4, 0.5) is 5.69 Å². The molecule has 2 N–H and O–H groups in total. The molecule has 25 heavy (non-hydrogen) atoms. The lowest BCUT2D eigenvalue weighted by Gasteiger charge is -2.10. The van der Waals surface area contributed by atoms with Crippen LogP contribution >= 0.6 is 0 Å². The zero-order valence-corrected chi connectivity index (χ0v) is 14.2. The molecule has 0 aliphatic carbocycles. The van der Waals surface area contributed by atoms with Gasteiger partial charge in [-0.15, -0.1) is 0 Å². The first-order valence-electron chi connectivity index (χ1n) is 8.36. The van der Waals surface area contributed by atoms with E-state index >= 15 is 0 Å². The van der Waals surface area contributed by atoms with Gasteiger partial charge in [0.1, 0.15) is 0 Å². The first-order valence-corrected chi connectivity index (χ1v) is 8.36. The lowest BCUT2D eigenvalue weighted by atomic mass is 10.0. The van der Waals surface area contributed by atoms with E-state index in [2.05, 4.69) is 4.74 Å². The van der Waals surface area contributed by atoms with Gasteiger partial charge in [-0.2, -0.15) is 0 Å². The Balaban J connectivity index is 1.91. The van der Waals surface area contributed by atoms with Gasteiger partial charge in [0, 0.05) is 17.7 Å². The summed E-state index contributed by atoms with van der Waals surface area (Å²) in [5.41, 5.74) is 11.0. The van der Waals surface area contributed by atoms with Crippen LogP contribution in [0.15, 0.2) is 48.5 Å². The highest BCUT2D eigenvalue weighted by molar-refractivity contribution is 5.81. The third-order valence-corrected chi connectivity index (χ3v) is 4.08. The minimum absolute atomic E-state index is 0.180. The number of esters is 1. The number of anilines is 1. The van der Waals surface area contributed by atoms with Crippen LogP contribution in [0.25, 0.3) is 22.3 Å². The molecule has 5 nitrogen and oxygen atoms in total. The maximum absolute atomic E-state index is 11.3. The molecular weight excluding hydrogens is 314 g/mol. The van der Waals surface area contributed by atoms with Gasteiger partial charge < -0.3 is 10.5 Å². The van der Waals surface area contributed by atoms with Crippen molar-refractivity contribution < 1.29 is 9.53 Å². The number of ether oxygens (including phenoxy) is 1. The van der Waals surface area contributed by atoms with Crippen molar-refractivity contribution in [3.63, 3.8) is 0 Å². The van der Waals surface area contributed by atoms with E-state index in [1.807, 2.05) is 48.5 Å². The monoisotopic (exact) mass is 335 g/mol. The standard InChI is InChI=1S/C20H21N3O2/c1-25-19(24)10-6-5-9-17-20(14-7-3-2-4-8-14)23-16-12-11-15(21)13-18(16)22-17/h2-4,7-8,11-13H,5-6,9-10,21H2,1H3. The Bertz CT molecular complexity index is 879. The number of methoxy groups -OCH3 is 1. The quantitative estimate of drug-likeness (QED) is 0.421.